The fourth-order valence-corrected chi connectivity index (χ4v) is 4.04. The van der Waals surface area contributed by atoms with E-state index in [-0.39, 0.29) is 0 Å². The van der Waals surface area contributed by atoms with Gasteiger partial charge in [0.25, 0.3) is 0 Å². The van der Waals surface area contributed by atoms with Gasteiger partial charge in [-0.3, -0.25) is 0 Å². The molecule has 2 unspecified atom stereocenters. The first-order valence-electron chi connectivity index (χ1n) is 8.17. The van der Waals surface area contributed by atoms with Crippen LogP contribution in [0, 0.1) is 5.92 Å². The lowest BCUT2D eigenvalue weighted by molar-refractivity contribution is 0.357. The van der Waals surface area contributed by atoms with Crippen LogP contribution < -0.4 is 10.2 Å². The van der Waals surface area contributed by atoms with Crippen molar-refractivity contribution in [3.63, 3.8) is 0 Å². The number of nitrogens with one attached hydrogen (secondary N) is 1. The minimum atomic E-state index is 0.691. The quantitative estimate of drug-likeness (QED) is 0.803. The van der Waals surface area contributed by atoms with Gasteiger partial charge in [0.1, 0.15) is 0 Å². The smallest absolute Gasteiger partial charge is 0.185 e. The molecule has 1 aliphatic rings. The highest BCUT2D eigenvalue weighted by Crippen LogP contribution is 2.25. The molecule has 0 amide bonds. The fraction of sp³-hybridized carbons (Fsp3) is 0.812. The molecule has 0 aliphatic heterocycles. The average Bonchev–Trinajstić information content (AvgIpc) is 2.82. The molecule has 0 spiro atoms. The summed E-state index contributed by atoms with van der Waals surface area (Å²) in [6.45, 7) is 9.84. The summed E-state index contributed by atoms with van der Waals surface area (Å²) in [5, 5.41) is 4.94. The molecule has 1 aliphatic carbocycles. The molecule has 0 radical (unpaired) electrons. The highest BCUT2D eigenvalue weighted by atomic mass is 32.1. The molecule has 1 aromatic rings. The van der Waals surface area contributed by atoms with Crippen molar-refractivity contribution in [2.24, 2.45) is 5.92 Å². The van der Waals surface area contributed by atoms with Crippen LogP contribution in [0.4, 0.5) is 5.13 Å². The number of nitrogens with zero attached hydrogens (tertiary/aromatic N) is 2. The van der Waals surface area contributed by atoms with Crippen LogP contribution in [0.25, 0.3) is 0 Å². The summed E-state index contributed by atoms with van der Waals surface area (Å²) in [7, 11) is 0. The third-order valence-electron chi connectivity index (χ3n) is 4.48. The Balaban J connectivity index is 1.87. The maximum Gasteiger partial charge on any atom is 0.185 e. The van der Waals surface area contributed by atoms with E-state index in [4.69, 9.17) is 0 Å². The molecule has 0 bridgehead atoms. The first-order chi connectivity index (χ1) is 9.74. The van der Waals surface area contributed by atoms with Gasteiger partial charge in [0, 0.05) is 36.8 Å². The van der Waals surface area contributed by atoms with Crippen LogP contribution in [0.5, 0.6) is 0 Å². The van der Waals surface area contributed by atoms with Gasteiger partial charge >= 0.3 is 0 Å². The molecule has 1 saturated carbocycles. The van der Waals surface area contributed by atoms with E-state index in [0.717, 1.165) is 25.6 Å². The zero-order valence-corrected chi connectivity index (χ0v) is 14.0. The number of rotatable bonds is 6. The molecular weight excluding hydrogens is 266 g/mol. The van der Waals surface area contributed by atoms with E-state index in [1.807, 2.05) is 17.5 Å². The van der Waals surface area contributed by atoms with E-state index in [2.05, 4.69) is 36.0 Å². The first kappa shape index (κ1) is 15.8. The monoisotopic (exact) mass is 295 g/mol. The second-order valence-corrected chi connectivity index (χ2v) is 6.98. The normalized spacial score (nSPS) is 23.6. The van der Waals surface area contributed by atoms with Crippen LogP contribution in [0.15, 0.2) is 6.20 Å². The molecule has 114 valence electrons. The Bertz CT molecular complexity index is 387. The third kappa shape index (κ3) is 4.19. The highest BCUT2D eigenvalue weighted by Gasteiger charge is 2.19. The lowest BCUT2D eigenvalue weighted by atomic mass is 9.97. The molecule has 1 fully saturated rings. The largest absolute Gasteiger partial charge is 0.349 e. The van der Waals surface area contributed by atoms with Crippen molar-refractivity contribution in [1.29, 1.82) is 0 Å². The summed E-state index contributed by atoms with van der Waals surface area (Å²) in [5.41, 5.74) is 0. The van der Waals surface area contributed by atoms with E-state index in [0.29, 0.717) is 6.04 Å². The zero-order chi connectivity index (χ0) is 14.4. The maximum absolute atomic E-state index is 4.56. The van der Waals surface area contributed by atoms with Crippen LogP contribution >= 0.6 is 11.3 Å². The Kier molecular flexibility index (Phi) is 6.30. The van der Waals surface area contributed by atoms with Crippen molar-refractivity contribution < 1.29 is 0 Å². The molecule has 2 rings (SSSR count). The Morgan fingerprint density at radius 1 is 1.25 bits per heavy atom. The van der Waals surface area contributed by atoms with E-state index in [1.54, 1.807) is 0 Å². The summed E-state index contributed by atoms with van der Waals surface area (Å²) in [4.78, 5) is 8.25. The van der Waals surface area contributed by atoms with Crippen LogP contribution in [0.1, 0.15) is 57.8 Å². The van der Waals surface area contributed by atoms with Crippen molar-refractivity contribution in [3.05, 3.63) is 11.1 Å². The minimum Gasteiger partial charge on any atom is -0.349 e. The zero-order valence-electron chi connectivity index (χ0n) is 13.2. The standard InChI is InChI=1S/C16H29N3S/c1-4-19(5-2)16-18-12-14(20-16)11-17-15-10-8-6-7-9-13(15)3/h12-13,15,17H,4-11H2,1-3H3. The maximum atomic E-state index is 4.56. The third-order valence-corrected chi connectivity index (χ3v) is 5.53. The van der Waals surface area contributed by atoms with Crippen molar-refractivity contribution in [1.82, 2.24) is 10.3 Å². The Hall–Kier alpha value is -0.610. The molecule has 1 N–H and O–H groups in total. The predicted molar refractivity (Wildman–Crippen MR) is 88.6 cm³/mol. The number of hydrogen-bond acceptors (Lipinski definition) is 4. The SMILES string of the molecule is CCN(CC)c1ncc(CNC2CCCCCC2C)s1. The van der Waals surface area contributed by atoms with Gasteiger partial charge in [-0.1, -0.05) is 26.2 Å². The Morgan fingerprint density at radius 2 is 2.00 bits per heavy atom. The lowest BCUT2D eigenvalue weighted by Gasteiger charge is -2.22. The van der Waals surface area contributed by atoms with Gasteiger partial charge in [-0.15, -0.1) is 11.3 Å². The number of hydrogen-bond donors (Lipinski definition) is 1. The van der Waals surface area contributed by atoms with E-state index >= 15 is 0 Å². The second-order valence-electron chi connectivity index (χ2n) is 5.88. The average molecular weight is 295 g/mol. The Morgan fingerprint density at radius 3 is 2.75 bits per heavy atom. The topological polar surface area (TPSA) is 28.2 Å². The van der Waals surface area contributed by atoms with Crippen molar-refractivity contribution in [3.8, 4) is 0 Å². The molecule has 3 nitrogen and oxygen atoms in total. The molecule has 4 heteroatoms. The van der Waals surface area contributed by atoms with Gasteiger partial charge in [0.15, 0.2) is 5.13 Å². The number of aromatic nitrogens is 1. The summed E-state index contributed by atoms with van der Waals surface area (Å²) in [6, 6.07) is 0.691. The summed E-state index contributed by atoms with van der Waals surface area (Å²) in [5.74, 6) is 0.813. The van der Waals surface area contributed by atoms with Crippen LogP contribution in [-0.2, 0) is 6.54 Å². The summed E-state index contributed by atoms with van der Waals surface area (Å²) < 4.78 is 0. The molecule has 0 saturated heterocycles. The minimum absolute atomic E-state index is 0.691. The summed E-state index contributed by atoms with van der Waals surface area (Å²) in [6.07, 6.45) is 8.97. The number of thiazole rings is 1. The van der Waals surface area contributed by atoms with Gasteiger partial charge in [-0.2, -0.15) is 0 Å². The first-order valence-corrected chi connectivity index (χ1v) is 8.99. The van der Waals surface area contributed by atoms with Gasteiger partial charge in [0.2, 0.25) is 0 Å². The van der Waals surface area contributed by atoms with E-state index in [1.165, 1.54) is 42.1 Å². The molecule has 1 heterocycles. The number of anilines is 1. The molecule has 20 heavy (non-hydrogen) atoms. The molecule has 2 atom stereocenters. The predicted octanol–water partition coefficient (Wildman–Crippen LogP) is 4.05. The lowest BCUT2D eigenvalue weighted by Crippen LogP contribution is -2.33. The molecule has 1 aromatic heterocycles. The van der Waals surface area contributed by atoms with Gasteiger partial charge in [0.05, 0.1) is 0 Å². The van der Waals surface area contributed by atoms with Gasteiger partial charge in [-0.05, 0) is 32.6 Å². The summed E-state index contributed by atoms with van der Waals surface area (Å²) >= 11 is 1.84. The molecular formula is C16H29N3S. The van der Waals surface area contributed by atoms with Crippen LogP contribution in [0.3, 0.4) is 0 Å². The van der Waals surface area contributed by atoms with E-state index < -0.39 is 0 Å². The Labute approximate surface area is 127 Å². The van der Waals surface area contributed by atoms with Crippen LogP contribution in [0.2, 0.25) is 0 Å². The second kappa shape index (κ2) is 7.99. The fourth-order valence-electron chi connectivity index (χ4n) is 3.05. The van der Waals surface area contributed by atoms with Crippen LogP contribution in [-0.4, -0.2) is 24.1 Å². The molecule has 0 aromatic carbocycles. The van der Waals surface area contributed by atoms with Gasteiger partial charge in [-0.25, -0.2) is 4.98 Å². The van der Waals surface area contributed by atoms with Crippen molar-refractivity contribution in [2.45, 2.75) is 65.5 Å². The van der Waals surface area contributed by atoms with E-state index in [9.17, 15) is 0 Å². The highest BCUT2D eigenvalue weighted by molar-refractivity contribution is 7.15. The van der Waals surface area contributed by atoms with Crippen molar-refractivity contribution in [2.75, 3.05) is 18.0 Å². The van der Waals surface area contributed by atoms with Crippen molar-refractivity contribution >= 4 is 16.5 Å². The van der Waals surface area contributed by atoms with Gasteiger partial charge < -0.3 is 10.2 Å².